The smallest absolute Gasteiger partial charge is 0.284 e. The molecule has 0 aliphatic rings. The fourth-order valence-electron chi connectivity index (χ4n) is 3.26. The molecule has 8 nitrogen and oxygen atoms in total. The Kier molecular flexibility index (Phi) is 5.97. The molecule has 0 spiro atoms. The van der Waals surface area contributed by atoms with Gasteiger partial charge < -0.3 is 10.4 Å². The number of aromatic hydroxyl groups is 1. The van der Waals surface area contributed by atoms with Crippen LogP contribution in [0.3, 0.4) is 0 Å². The Labute approximate surface area is 192 Å². The van der Waals surface area contributed by atoms with Gasteiger partial charge in [-0.1, -0.05) is 29.8 Å². The number of aryl methyl sites for hydroxylation is 1. The van der Waals surface area contributed by atoms with Crippen LogP contribution in [0.5, 0.6) is 5.75 Å². The molecule has 2 aromatic carbocycles. The normalized spacial score (nSPS) is 11.9. The average molecular weight is 468 g/mol. The molecular weight excluding hydrogens is 449 g/mol. The molecule has 2 heterocycles. The number of nitrogens with zero attached hydrogens (tertiary/aromatic N) is 4. The number of nitrogens with one attached hydrogen (secondary N) is 1. The Morgan fingerprint density at radius 3 is 2.55 bits per heavy atom. The van der Waals surface area contributed by atoms with Gasteiger partial charge in [0.05, 0.1) is 24.1 Å². The lowest BCUT2D eigenvalue weighted by Crippen LogP contribution is -2.35. The van der Waals surface area contributed by atoms with E-state index in [1.54, 1.807) is 44.4 Å². The van der Waals surface area contributed by atoms with Crippen LogP contribution in [-0.4, -0.2) is 30.6 Å². The molecule has 2 aromatic heterocycles. The number of halogens is 2. The zero-order valence-electron chi connectivity index (χ0n) is 17.7. The van der Waals surface area contributed by atoms with E-state index in [4.69, 9.17) is 11.6 Å². The minimum absolute atomic E-state index is 0.148. The molecule has 168 valence electrons. The van der Waals surface area contributed by atoms with E-state index in [2.05, 4.69) is 15.5 Å². The lowest BCUT2D eigenvalue weighted by atomic mass is 10.1. The summed E-state index contributed by atoms with van der Waals surface area (Å²) in [4.78, 5) is 26.3. The Bertz CT molecular complexity index is 1400. The first-order chi connectivity index (χ1) is 15.7. The van der Waals surface area contributed by atoms with E-state index in [1.165, 1.54) is 29.1 Å². The van der Waals surface area contributed by atoms with E-state index < -0.39 is 29.1 Å². The highest BCUT2D eigenvalue weighted by molar-refractivity contribution is 6.30. The molecule has 0 aliphatic heterocycles. The number of hydrogen-bond acceptors (Lipinski definition) is 5. The zero-order chi connectivity index (χ0) is 23.7. The summed E-state index contributed by atoms with van der Waals surface area (Å²) < 4.78 is 16.4. The minimum atomic E-state index is -0.804. The van der Waals surface area contributed by atoms with Gasteiger partial charge in [-0.2, -0.15) is 14.9 Å². The van der Waals surface area contributed by atoms with Gasteiger partial charge in [0.2, 0.25) is 0 Å². The lowest BCUT2D eigenvalue weighted by Gasteiger charge is -2.15. The summed E-state index contributed by atoms with van der Waals surface area (Å²) in [5, 5.41) is 21.1. The van der Waals surface area contributed by atoms with Crippen LogP contribution in [0.1, 0.15) is 28.9 Å². The van der Waals surface area contributed by atoms with Crippen LogP contribution in [0.15, 0.2) is 65.7 Å². The Hall–Kier alpha value is -3.98. The van der Waals surface area contributed by atoms with Crippen LogP contribution in [-0.2, 0) is 7.05 Å². The third kappa shape index (κ3) is 4.63. The van der Waals surface area contributed by atoms with E-state index in [0.717, 1.165) is 10.7 Å². The number of carbonyl (C=O) groups is 1. The number of phenolic OH excluding ortho intramolecular Hbond substituents is 1. The molecule has 0 saturated heterocycles. The number of phenols is 1. The molecule has 4 rings (SSSR count). The Morgan fingerprint density at radius 2 is 1.91 bits per heavy atom. The number of carbonyl (C=O) groups excluding carboxylic acids is 1. The van der Waals surface area contributed by atoms with E-state index in [1.807, 2.05) is 0 Å². The second-order valence-electron chi connectivity index (χ2n) is 7.45. The van der Waals surface area contributed by atoms with Gasteiger partial charge >= 0.3 is 0 Å². The molecule has 2 N–H and O–H groups in total. The predicted molar refractivity (Wildman–Crippen MR) is 121 cm³/mol. The van der Waals surface area contributed by atoms with Gasteiger partial charge in [0, 0.05) is 17.6 Å². The third-order valence-electron chi connectivity index (χ3n) is 5.05. The van der Waals surface area contributed by atoms with Gasteiger partial charge in [0.15, 0.2) is 11.6 Å². The summed E-state index contributed by atoms with van der Waals surface area (Å²) in [6.45, 7) is 1.64. The quantitative estimate of drug-likeness (QED) is 0.466. The molecule has 0 unspecified atom stereocenters. The van der Waals surface area contributed by atoms with Crippen molar-refractivity contribution in [3.8, 4) is 22.7 Å². The van der Waals surface area contributed by atoms with Crippen molar-refractivity contribution in [3.05, 3.63) is 93.2 Å². The van der Waals surface area contributed by atoms with Crippen molar-refractivity contribution in [2.24, 2.45) is 7.05 Å². The van der Waals surface area contributed by atoms with E-state index in [9.17, 15) is 19.1 Å². The lowest BCUT2D eigenvalue weighted by molar-refractivity contribution is 0.0937. The summed E-state index contributed by atoms with van der Waals surface area (Å²) in [5.74, 6) is -1.95. The number of benzene rings is 2. The largest absolute Gasteiger partial charge is 0.505 e. The number of amides is 1. The van der Waals surface area contributed by atoms with Crippen molar-refractivity contribution in [3.63, 3.8) is 0 Å². The summed E-state index contributed by atoms with van der Waals surface area (Å²) >= 11 is 5.98. The highest BCUT2D eigenvalue weighted by Gasteiger charge is 2.20. The first-order valence-corrected chi connectivity index (χ1v) is 10.3. The first kappa shape index (κ1) is 22.2. The van der Waals surface area contributed by atoms with E-state index >= 15 is 0 Å². The summed E-state index contributed by atoms with van der Waals surface area (Å²) in [7, 11) is 1.70. The molecule has 4 aromatic rings. The highest BCUT2D eigenvalue weighted by Crippen LogP contribution is 2.22. The molecule has 33 heavy (non-hydrogen) atoms. The molecule has 10 heteroatoms. The summed E-state index contributed by atoms with van der Waals surface area (Å²) in [5.41, 5.74) is 1.06. The highest BCUT2D eigenvalue weighted by atomic mass is 35.5. The maximum atomic E-state index is 13.7. The van der Waals surface area contributed by atoms with Crippen LogP contribution in [0, 0.1) is 5.82 Å². The standard InChI is InChI=1S/C23H19ClFN5O3/c1-13(15-5-8-21(31)19(25)9-15)27-22(32)18-10-20(14-3-6-16(24)7-4-14)28-30(23(18)33)17-11-26-29(2)12-17/h3-13,31H,1-2H3,(H,27,32)/t13-/m0/s1. The number of rotatable bonds is 5. The predicted octanol–water partition coefficient (Wildman–Crippen LogP) is 3.62. The fourth-order valence-corrected chi connectivity index (χ4v) is 3.39. The molecule has 0 fully saturated rings. The van der Waals surface area contributed by atoms with E-state index in [0.29, 0.717) is 27.5 Å². The fraction of sp³-hybridized carbons (Fsp3) is 0.130. The third-order valence-corrected chi connectivity index (χ3v) is 5.30. The molecule has 0 saturated carbocycles. The maximum Gasteiger partial charge on any atom is 0.284 e. The first-order valence-electron chi connectivity index (χ1n) is 9.91. The summed E-state index contributed by atoms with van der Waals surface area (Å²) in [6, 6.07) is 11.4. The monoisotopic (exact) mass is 467 g/mol. The molecular formula is C23H19ClFN5O3. The average Bonchev–Trinajstić information content (AvgIpc) is 3.22. The van der Waals surface area contributed by atoms with Gasteiger partial charge in [-0.25, -0.2) is 4.39 Å². The van der Waals surface area contributed by atoms with Gasteiger partial charge in [-0.05, 0) is 42.8 Å². The Balaban J connectivity index is 1.76. The molecule has 1 atom stereocenters. The topological polar surface area (TPSA) is 102 Å². The van der Waals surface area contributed by atoms with Crippen molar-refractivity contribution in [2.45, 2.75) is 13.0 Å². The second kappa shape index (κ2) is 8.87. The van der Waals surface area contributed by atoms with Gasteiger partial charge in [-0.3, -0.25) is 14.3 Å². The Morgan fingerprint density at radius 1 is 1.18 bits per heavy atom. The van der Waals surface area contributed by atoms with Crippen LogP contribution in [0.4, 0.5) is 4.39 Å². The van der Waals surface area contributed by atoms with Crippen molar-refractivity contribution in [1.82, 2.24) is 24.9 Å². The SMILES string of the molecule is C[C@H](NC(=O)c1cc(-c2ccc(Cl)cc2)nn(-c2cnn(C)c2)c1=O)c1ccc(O)c(F)c1. The maximum absolute atomic E-state index is 13.7. The minimum Gasteiger partial charge on any atom is -0.505 e. The molecule has 0 bridgehead atoms. The van der Waals surface area contributed by atoms with Crippen LogP contribution < -0.4 is 10.9 Å². The van der Waals surface area contributed by atoms with Crippen molar-refractivity contribution >= 4 is 17.5 Å². The molecule has 0 radical (unpaired) electrons. The van der Waals surface area contributed by atoms with Crippen LogP contribution in [0.25, 0.3) is 16.9 Å². The van der Waals surface area contributed by atoms with Gasteiger partial charge in [-0.15, -0.1) is 0 Å². The second-order valence-corrected chi connectivity index (χ2v) is 7.88. The summed E-state index contributed by atoms with van der Waals surface area (Å²) in [6.07, 6.45) is 3.06. The van der Waals surface area contributed by atoms with Crippen molar-refractivity contribution in [1.29, 1.82) is 0 Å². The van der Waals surface area contributed by atoms with Crippen molar-refractivity contribution in [2.75, 3.05) is 0 Å². The number of hydrogen-bond donors (Lipinski definition) is 2. The number of aromatic nitrogens is 4. The molecule has 1 amide bonds. The van der Waals surface area contributed by atoms with Gasteiger partial charge in [0.25, 0.3) is 11.5 Å². The van der Waals surface area contributed by atoms with E-state index in [-0.39, 0.29) is 5.56 Å². The van der Waals surface area contributed by atoms with Crippen molar-refractivity contribution < 1.29 is 14.3 Å². The van der Waals surface area contributed by atoms with Crippen LogP contribution in [0.2, 0.25) is 5.02 Å². The zero-order valence-corrected chi connectivity index (χ0v) is 18.4. The van der Waals surface area contributed by atoms with Gasteiger partial charge in [0.1, 0.15) is 11.3 Å². The van der Waals surface area contributed by atoms with Crippen LogP contribution >= 0.6 is 11.6 Å². The molecule has 0 aliphatic carbocycles.